The fraction of sp³-hybridized carbons (Fsp3) is 0.478. The third-order valence-corrected chi connectivity index (χ3v) is 5.16. The van der Waals surface area contributed by atoms with E-state index in [4.69, 9.17) is 14.5 Å². The van der Waals surface area contributed by atoms with E-state index >= 15 is 0 Å². The number of aromatic nitrogens is 1. The van der Waals surface area contributed by atoms with E-state index in [9.17, 15) is 0 Å². The van der Waals surface area contributed by atoms with E-state index in [0.29, 0.717) is 6.54 Å². The second-order valence-corrected chi connectivity index (χ2v) is 7.28. The van der Waals surface area contributed by atoms with Gasteiger partial charge < -0.3 is 25.0 Å². The van der Waals surface area contributed by atoms with Crippen LogP contribution in [0.2, 0.25) is 0 Å². The molecule has 0 saturated carbocycles. The van der Waals surface area contributed by atoms with Crippen LogP contribution in [0, 0.1) is 0 Å². The summed E-state index contributed by atoms with van der Waals surface area (Å²) in [5.74, 6) is 3.37. The number of anilines is 1. The summed E-state index contributed by atoms with van der Waals surface area (Å²) in [7, 11) is 3.30. The summed E-state index contributed by atoms with van der Waals surface area (Å²) in [4.78, 5) is 11.7. The van der Waals surface area contributed by atoms with E-state index in [2.05, 4.69) is 45.6 Å². The fourth-order valence-corrected chi connectivity index (χ4v) is 3.52. The molecule has 2 N–H and O–H groups in total. The van der Waals surface area contributed by atoms with Gasteiger partial charge >= 0.3 is 0 Å². The monoisotopic (exact) mass is 411 g/mol. The quantitative estimate of drug-likeness (QED) is 0.488. The van der Waals surface area contributed by atoms with Gasteiger partial charge in [-0.2, -0.15) is 0 Å². The van der Waals surface area contributed by atoms with Crippen LogP contribution in [-0.2, 0) is 13.0 Å². The molecule has 0 spiro atoms. The lowest BCUT2D eigenvalue weighted by molar-refractivity contribution is 0.354. The van der Waals surface area contributed by atoms with E-state index in [-0.39, 0.29) is 0 Å². The van der Waals surface area contributed by atoms with Crippen LogP contribution in [0.5, 0.6) is 11.5 Å². The minimum absolute atomic E-state index is 0.596. The molecule has 7 heteroatoms. The van der Waals surface area contributed by atoms with Crippen LogP contribution >= 0.6 is 0 Å². The average Bonchev–Trinajstić information content (AvgIpc) is 3.32. The lowest BCUT2D eigenvalue weighted by atomic mass is 10.1. The Morgan fingerprint density at radius 2 is 1.80 bits per heavy atom. The summed E-state index contributed by atoms with van der Waals surface area (Å²) in [6, 6.07) is 10.2. The number of guanidine groups is 1. The summed E-state index contributed by atoms with van der Waals surface area (Å²) < 4.78 is 10.7. The molecule has 1 aromatic heterocycles. The zero-order valence-corrected chi connectivity index (χ0v) is 18.3. The van der Waals surface area contributed by atoms with Crippen molar-refractivity contribution in [2.75, 3.05) is 45.3 Å². The van der Waals surface area contributed by atoms with Crippen molar-refractivity contribution in [2.45, 2.75) is 32.7 Å². The van der Waals surface area contributed by atoms with Crippen LogP contribution < -0.4 is 25.0 Å². The molecule has 1 saturated heterocycles. The molecule has 162 valence electrons. The molecule has 3 rings (SSSR count). The summed E-state index contributed by atoms with van der Waals surface area (Å²) >= 11 is 0. The number of rotatable bonds is 9. The number of methoxy groups -OCH3 is 2. The first kappa shape index (κ1) is 21.7. The molecule has 2 aromatic rings. The summed E-state index contributed by atoms with van der Waals surface area (Å²) in [6.45, 7) is 6.47. The molecule has 0 amide bonds. The number of aliphatic imine (C=N–C) groups is 1. The summed E-state index contributed by atoms with van der Waals surface area (Å²) in [6.07, 6.45) is 5.31. The Bertz CT molecular complexity index is 817. The first-order valence-corrected chi connectivity index (χ1v) is 10.7. The molecule has 0 radical (unpaired) electrons. The predicted molar refractivity (Wildman–Crippen MR) is 122 cm³/mol. The lowest BCUT2D eigenvalue weighted by Crippen LogP contribution is -2.38. The topological polar surface area (TPSA) is 71.0 Å². The number of nitrogens with one attached hydrogen (secondary N) is 2. The molecular weight excluding hydrogens is 378 g/mol. The Kier molecular flexibility index (Phi) is 8.18. The van der Waals surface area contributed by atoms with E-state index < -0.39 is 0 Å². The zero-order valence-electron chi connectivity index (χ0n) is 18.3. The maximum absolute atomic E-state index is 5.38. The van der Waals surface area contributed by atoms with Crippen molar-refractivity contribution >= 4 is 11.8 Å². The van der Waals surface area contributed by atoms with Gasteiger partial charge in [0.1, 0.15) is 5.82 Å². The standard InChI is InChI=1S/C23H33N5O2/c1-4-24-23(25-12-11-18-7-9-20(29-2)21(15-18)30-3)27-17-19-8-10-22(26-16-19)28-13-5-6-14-28/h7-10,15-16H,4-6,11-14,17H2,1-3H3,(H2,24,25,27). The second-order valence-electron chi connectivity index (χ2n) is 7.28. The molecule has 0 atom stereocenters. The van der Waals surface area contributed by atoms with Crippen LogP contribution in [0.15, 0.2) is 41.5 Å². The Labute approximate surface area is 179 Å². The van der Waals surface area contributed by atoms with Crippen molar-refractivity contribution in [2.24, 2.45) is 4.99 Å². The zero-order chi connectivity index (χ0) is 21.2. The van der Waals surface area contributed by atoms with Crippen molar-refractivity contribution in [3.63, 3.8) is 0 Å². The number of hydrogen-bond donors (Lipinski definition) is 2. The van der Waals surface area contributed by atoms with Crippen LogP contribution in [0.4, 0.5) is 5.82 Å². The van der Waals surface area contributed by atoms with Crippen LogP contribution in [0.1, 0.15) is 30.9 Å². The van der Waals surface area contributed by atoms with Gasteiger partial charge in [0.05, 0.1) is 20.8 Å². The molecule has 0 aliphatic carbocycles. The molecule has 1 aromatic carbocycles. The second kappa shape index (κ2) is 11.3. The highest BCUT2D eigenvalue weighted by molar-refractivity contribution is 5.79. The largest absolute Gasteiger partial charge is 0.493 e. The highest BCUT2D eigenvalue weighted by atomic mass is 16.5. The highest BCUT2D eigenvalue weighted by Gasteiger charge is 2.13. The predicted octanol–water partition coefficient (Wildman–Crippen LogP) is 3.00. The first-order valence-electron chi connectivity index (χ1n) is 10.7. The number of pyridine rings is 1. The van der Waals surface area contributed by atoms with Gasteiger partial charge in [-0.1, -0.05) is 12.1 Å². The van der Waals surface area contributed by atoms with Gasteiger partial charge in [0.15, 0.2) is 17.5 Å². The Balaban J connectivity index is 1.53. The Hall–Kier alpha value is -2.96. The van der Waals surface area contributed by atoms with Gasteiger partial charge in [-0.15, -0.1) is 0 Å². The molecule has 1 aliphatic rings. The van der Waals surface area contributed by atoms with Crippen LogP contribution in [-0.4, -0.2) is 51.3 Å². The minimum Gasteiger partial charge on any atom is -0.493 e. The van der Waals surface area contributed by atoms with E-state index in [1.165, 1.54) is 18.4 Å². The van der Waals surface area contributed by atoms with Crippen molar-refractivity contribution in [3.8, 4) is 11.5 Å². The van der Waals surface area contributed by atoms with Crippen molar-refractivity contribution in [1.82, 2.24) is 15.6 Å². The number of ether oxygens (including phenoxy) is 2. The molecular formula is C23H33N5O2. The molecule has 0 bridgehead atoms. The van der Waals surface area contributed by atoms with Crippen molar-refractivity contribution in [1.29, 1.82) is 0 Å². The van der Waals surface area contributed by atoms with Gasteiger partial charge in [-0.3, -0.25) is 0 Å². The first-order chi connectivity index (χ1) is 14.7. The summed E-state index contributed by atoms with van der Waals surface area (Å²) in [5.41, 5.74) is 2.28. The fourth-order valence-electron chi connectivity index (χ4n) is 3.52. The number of benzene rings is 1. The van der Waals surface area contributed by atoms with Gasteiger partial charge in [0.25, 0.3) is 0 Å². The Morgan fingerprint density at radius 1 is 1.03 bits per heavy atom. The van der Waals surface area contributed by atoms with E-state index in [1.54, 1.807) is 14.2 Å². The van der Waals surface area contributed by atoms with E-state index in [1.807, 2.05) is 18.3 Å². The molecule has 2 heterocycles. The smallest absolute Gasteiger partial charge is 0.191 e. The minimum atomic E-state index is 0.596. The molecule has 7 nitrogen and oxygen atoms in total. The molecule has 1 fully saturated rings. The number of nitrogens with zero attached hydrogens (tertiary/aromatic N) is 3. The molecule has 0 unspecified atom stereocenters. The van der Waals surface area contributed by atoms with Gasteiger partial charge in [-0.05, 0) is 55.5 Å². The van der Waals surface area contributed by atoms with E-state index in [0.717, 1.165) is 61.4 Å². The van der Waals surface area contributed by atoms with Crippen molar-refractivity contribution in [3.05, 3.63) is 47.7 Å². The van der Waals surface area contributed by atoms with Crippen LogP contribution in [0.25, 0.3) is 0 Å². The van der Waals surface area contributed by atoms with Crippen molar-refractivity contribution < 1.29 is 9.47 Å². The SMILES string of the molecule is CCNC(=NCc1ccc(N2CCCC2)nc1)NCCc1ccc(OC)c(OC)c1. The highest BCUT2D eigenvalue weighted by Crippen LogP contribution is 2.27. The maximum atomic E-state index is 5.38. The molecule has 30 heavy (non-hydrogen) atoms. The third kappa shape index (κ3) is 6.02. The molecule has 1 aliphatic heterocycles. The third-order valence-electron chi connectivity index (χ3n) is 5.16. The van der Waals surface area contributed by atoms with Gasteiger partial charge in [-0.25, -0.2) is 9.98 Å². The van der Waals surface area contributed by atoms with Gasteiger partial charge in [0.2, 0.25) is 0 Å². The number of hydrogen-bond acceptors (Lipinski definition) is 5. The van der Waals surface area contributed by atoms with Crippen LogP contribution in [0.3, 0.4) is 0 Å². The Morgan fingerprint density at radius 3 is 2.47 bits per heavy atom. The maximum Gasteiger partial charge on any atom is 0.191 e. The van der Waals surface area contributed by atoms with Gasteiger partial charge in [0, 0.05) is 32.4 Å². The lowest BCUT2D eigenvalue weighted by Gasteiger charge is -2.16. The normalized spacial score (nSPS) is 14.0. The summed E-state index contributed by atoms with van der Waals surface area (Å²) in [5, 5.41) is 6.70. The average molecular weight is 412 g/mol.